The van der Waals surface area contributed by atoms with Crippen LogP contribution in [0.2, 0.25) is 0 Å². The molecule has 1 aliphatic rings. The summed E-state index contributed by atoms with van der Waals surface area (Å²) in [4.78, 5) is 7.07. The standard InChI is InChI=1S/C7H12N4/c1-2-10-6(3-8-1)7-4-9-5-11-7/h4-6,8,10H,1-3H2,(H,9,11). The van der Waals surface area contributed by atoms with Crippen LogP contribution in [0.4, 0.5) is 0 Å². The molecule has 2 heterocycles. The summed E-state index contributed by atoms with van der Waals surface area (Å²) in [6.07, 6.45) is 3.58. The third kappa shape index (κ3) is 1.41. The molecule has 0 bridgehead atoms. The fourth-order valence-electron chi connectivity index (χ4n) is 1.33. The molecule has 1 atom stereocenters. The third-order valence-corrected chi connectivity index (χ3v) is 1.94. The van der Waals surface area contributed by atoms with Crippen molar-refractivity contribution in [3.8, 4) is 0 Å². The van der Waals surface area contributed by atoms with E-state index in [1.165, 1.54) is 0 Å². The first kappa shape index (κ1) is 6.82. The Balaban J connectivity index is 2.04. The number of aromatic nitrogens is 2. The highest BCUT2D eigenvalue weighted by Crippen LogP contribution is 2.08. The number of aromatic amines is 1. The van der Waals surface area contributed by atoms with Crippen LogP contribution in [-0.2, 0) is 0 Å². The second-order valence-electron chi connectivity index (χ2n) is 2.72. The van der Waals surface area contributed by atoms with E-state index in [4.69, 9.17) is 0 Å². The Morgan fingerprint density at radius 3 is 3.09 bits per heavy atom. The molecule has 3 N–H and O–H groups in total. The molecule has 1 aromatic rings. The van der Waals surface area contributed by atoms with E-state index >= 15 is 0 Å². The van der Waals surface area contributed by atoms with Crippen molar-refractivity contribution in [2.45, 2.75) is 6.04 Å². The molecule has 1 fully saturated rings. The van der Waals surface area contributed by atoms with Crippen LogP contribution in [0.25, 0.3) is 0 Å². The van der Waals surface area contributed by atoms with Gasteiger partial charge in [0.2, 0.25) is 0 Å². The zero-order valence-electron chi connectivity index (χ0n) is 6.30. The van der Waals surface area contributed by atoms with Crippen LogP contribution in [0.5, 0.6) is 0 Å². The van der Waals surface area contributed by atoms with Crippen LogP contribution in [0.3, 0.4) is 0 Å². The zero-order chi connectivity index (χ0) is 7.52. The van der Waals surface area contributed by atoms with Gasteiger partial charge in [-0.05, 0) is 0 Å². The predicted molar refractivity (Wildman–Crippen MR) is 42.2 cm³/mol. The van der Waals surface area contributed by atoms with E-state index in [-0.39, 0.29) is 0 Å². The summed E-state index contributed by atoms with van der Waals surface area (Å²) in [5.74, 6) is 0. The van der Waals surface area contributed by atoms with Crippen LogP contribution in [0.15, 0.2) is 12.5 Å². The quantitative estimate of drug-likeness (QED) is 0.515. The van der Waals surface area contributed by atoms with Crippen molar-refractivity contribution in [3.63, 3.8) is 0 Å². The van der Waals surface area contributed by atoms with Crippen molar-refractivity contribution in [2.75, 3.05) is 19.6 Å². The Kier molecular flexibility index (Phi) is 1.87. The second kappa shape index (κ2) is 3.02. The van der Waals surface area contributed by atoms with Gasteiger partial charge in [-0.2, -0.15) is 0 Å². The lowest BCUT2D eigenvalue weighted by molar-refractivity contribution is 0.424. The minimum Gasteiger partial charge on any atom is -0.347 e. The Labute approximate surface area is 65.4 Å². The molecular formula is C7H12N4. The van der Waals surface area contributed by atoms with Gasteiger partial charge < -0.3 is 15.6 Å². The zero-order valence-corrected chi connectivity index (χ0v) is 6.30. The molecule has 11 heavy (non-hydrogen) atoms. The van der Waals surface area contributed by atoms with Gasteiger partial charge in [0, 0.05) is 25.8 Å². The van der Waals surface area contributed by atoms with Crippen LogP contribution in [0.1, 0.15) is 11.7 Å². The molecule has 1 saturated heterocycles. The molecule has 4 nitrogen and oxygen atoms in total. The number of rotatable bonds is 1. The van der Waals surface area contributed by atoms with Crippen LogP contribution in [0, 0.1) is 0 Å². The van der Waals surface area contributed by atoms with Crippen molar-refractivity contribution in [2.24, 2.45) is 0 Å². The summed E-state index contributed by atoms with van der Waals surface area (Å²) in [6, 6.07) is 0.409. The molecule has 0 radical (unpaired) electrons. The van der Waals surface area contributed by atoms with Gasteiger partial charge in [-0.1, -0.05) is 0 Å². The SMILES string of the molecule is c1ncc(C2CNCCN2)[nH]1. The summed E-state index contributed by atoms with van der Waals surface area (Å²) in [5, 5.41) is 6.70. The van der Waals surface area contributed by atoms with Crippen molar-refractivity contribution in [1.82, 2.24) is 20.6 Å². The topological polar surface area (TPSA) is 52.7 Å². The van der Waals surface area contributed by atoms with Crippen molar-refractivity contribution >= 4 is 0 Å². The average molecular weight is 152 g/mol. The summed E-state index contributed by atoms with van der Waals surface area (Å²) >= 11 is 0. The number of hydrogen-bond donors (Lipinski definition) is 3. The normalized spacial score (nSPS) is 25.3. The van der Waals surface area contributed by atoms with E-state index in [1.807, 2.05) is 6.20 Å². The van der Waals surface area contributed by atoms with Crippen LogP contribution >= 0.6 is 0 Å². The van der Waals surface area contributed by atoms with Crippen molar-refractivity contribution < 1.29 is 0 Å². The first-order valence-corrected chi connectivity index (χ1v) is 3.89. The second-order valence-corrected chi connectivity index (χ2v) is 2.72. The molecule has 0 aromatic carbocycles. The monoisotopic (exact) mass is 152 g/mol. The third-order valence-electron chi connectivity index (χ3n) is 1.94. The maximum absolute atomic E-state index is 3.97. The minimum atomic E-state index is 0.409. The number of imidazole rings is 1. The van der Waals surface area contributed by atoms with Gasteiger partial charge in [-0.25, -0.2) is 4.98 Å². The van der Waals surface area contributed by atoms with Crippen LogP contribution in [-0.4, -0.2) is 29.6 Å². The van der Waals surface area contributed by atoms with Gasteiger partial charge in [0.1, 0.15) is 0 Å². The molecule has 4 heteroatoms. The summed E-state index contributed by atoms with van der Waals surface area (Å²) in [7, 11) is 0. The van der Waals surface area contributed by atoms with E-state index < -0.39 is 0 Å². The Morgan fingerprint density at radius 2 is 2.45 bits per heavy atom. The van der Waals surface area contributed by atoms with Gasteiger partial charge >= 0.3 is 0 Å². The largest absolute Gasteiger partial charge is 0.347 e. The average Bonchev–Trinajstić information content (AvgIpc) is 2.58. The lowest BCUT2D eigenvalue weighted by Gasteiger charge is -2.22. The Bertz CT molecular complexity index is 200. The number of hydrogen-bond acceptors (Lipinski definition) is 3. The maximum atomic E-state index is 3.97. The van der Waals surface area contributed by atoms with Gasteiger partial charge in [-0.3, -0.25) is 0 Å². The fourth-order valence-corrected chi connectivity index (χ4v) is 1.33. The van der Waals surface area contributed by atoms with Gasteiger partial charge in [-0.15, -0.1) is 0 Å². The van der Waals surface area contributed by atoms with E-state index in [9.17, 15) is 0 Å². The molecule has 1 aliphatic heterocycles. The predicted octanol–water partition coefficient (Wildman–Crippen LogP) is -0.356. The molecule has 0 spiro atoms. The fraction of sp³-hybridized carbons (Fsp3) is 0.571. The Hall–Kier alpha value is -0.870. The van der Waals surface area contributed by atoms with Gasteiger partial charge in [0.25, 0.3) is 0 Å². The van der Waals surface area contributed by atoms with E-state index in [2.05, 4.69) is 20.6 Å². The number of nitrogens with zero attached hydrogens (tertiary/aromatic N) is 1. The maximum Gasteiger partial charge on any atom is 0.0922 e. The van der Waals surface area contributed by atoms with Gasteiger partial charge in [0.05, 0.1) is 18.1 Å². The summed E-state index contributed by atoms with van der Waals surface area (Å²) < 4.78 is 0. The summed E-state index contributed by atoms with van der Waals surface area (Å²) in [5.41, 5.74) is 1.16. The first-order chi connectivity index (χ1) is 5.47. The number of H-pyrrole nitrogens is 1. The van der Waals surface area contributed by atoms with Crippen molar-refractivity contribution in [3.05, 3.63) is 18.2 Å². The molecule has 2 rings (SSSR count). The lowest BCUT2D eigenvalue weighted by atomic mass is 10.2. The smallest absolute Gasteiger partial charge is 0.0922 e. The molecule has 0 aliphatic carbocycles. The van der Waals surface area contributed by atoms with E-state index in [0.717, 1.165) is 25.3 Å². The van der Waals surface area contributed by atoms with Crippen LogP contribution < -0.4 is 10.6 Å². The Morgan fingerprint density at radius 1 is 1.45 bits per heavy atom. The lowest BCUT2D eigenvalue weighted by Crippen LogP contribution is -2.42. The molecule has 0 amide bonds. The van der Waals surface area contributed by atoms with E-state index in [0.29, 0.717) is 6.04 Å². The number of piperazine rings is 1. The highest BCUT2D eigenvalue weighted by Gasteiger charge is 2.14. The highest BCUT2D eigenvalue weighted by molar-refractivity contribution is 5.03. The summed E-state index contributed by atoms with van der Waals surface area (Å²) in [6.45, 7) is 3.08. The molecular weight excluding hydrogens is 140 g/mol. The highest BCUT2D eigenvalue weighted by atomic mass is 15.1. The molecule has 1 aromatic heterocycles. The molecule has 0 saturated carbocycles. The first-order valence-electron chi connectivity index (χ1n) is 3.89. The molecule has 60 valence electrons. The molecule has 1 unspecified atom stereocenters. The van der Waals surface area contributed by atoms with Gasteiger partial charge in [0.15, 0.2) is 0 Å². The number of nitrogens with one attached hydrogen (secondary N) is 3. The van der Waals surface area contributed by atoms with E-state index in [1.54, 1.807) is 6.33 Å². The minimum absolute atomic E-state index is 0.409. The van der Waals surface area contributed by atoms with Crippen molar-refractivity contribution in [1.29, 1.82) is 0 Å².